The average Bonchev–Trinajstić information content (AvgIpc) is 2.77. The molecular formula is C15H24N2O. The van der Waals surface area contributed by atoms with E-state index in [0.717, 1.165) is 38.8 Å². The summed E-state index contributed by atoms with van der Waals surface area (Å²) in [6, 6.07) is 8.39. The molecule has 0 heterocycles. The molecule has 0 unspecified atom stereocenters. The van der Waals surface area contributed by atoms with E-state index in [1.165, 1.54) is 11.3 Å². The van der Waals surface area contributed by atoms with Crippen LogP contribution in [-0.2, 0) is 6.54 Å². The Bertz CT molecular complexity index is 386. The quantitative estimate of drug-likeness (QED) is 0.838. The maximum atomic E-state index is 10.5. The van der Waals surface area contributed by atoms with Gasteiger partial charge in [-0.25, -0.2) is 0 Å². The van der Waals surface area contributed by atoms with Crippen molar-refractivity contribution in [2.45, 2.75) is 37.8 Å². The Morgan fingerprint density at radius 2 is 1.94 bits per heavy atom. The number of likely N-dealkylation sites (N-methyl/N-ethyl adjacent to an activating group) is 1. The lowest BCUT2D eigenvalue weighted by atomic mass is 10.0. The summed E-state index contributed by atoms with van der Waals surface area (Å²) in [5.41, 5.74) is 2.01. The van der Waals surface area contributed by atoms with Crippen LogP contribution < -0.4 is 10.2 Å². The summed E-state index contributed by atoms with van der Waals surface area (Å²) in [5, 5.41) is 13.7. The molecule has 18 heavy (non-hydrogen) atoms. The van der Waals surface area contributed by atoms with Gasteiger partial charge in [0.1, 0.15) is 0 Å². The first-order valence-corrected chi connectivity index (χ1v) is 6.81. The monoisotopic (exact) mass is 248 g/mol. The van der Waals surface area contributed by atoms with Gasteiger partial charge in [0, 0.05) is 25.8 Å². The van der Waals surface area contributed by atoms with Crippen LogP contribution in [0, 0.1) is 0 Å². The van der Waals surface area contributed by atoms with Crippen molar-refractivity contribution in [3.05, 3.63) is 29.8 Å². The van der Waals surface area contributed by atoms with Gasteiger partial charge in [-0.3, -0.25) is 0 Å². The van der Waals surface area contributed by atoms with Crippen LogP contribution in [0.25, 0.3) is 0 Å². The van der Waals surface area contributed by atoms with Crippen molar-refractivity contribution in [1.82, 2.24) is 5.32 Å². The third-order valence-electron chi connectivity index (χ3n) is 3.84. The average molecular weight is 248 g/mol. The number of aliphatic hydroxyl groups is 1. The topological polar surface area (TPSA) is 35.5 Å². The molecule has 2 rings (SSSR count). The van der Waals surface area contributed by atoms with Crippen molar-refractivity contribution in [2.75, 3.05) is 25.5 Å². The number of para-hydroxylation sites is 1. The van der Waals surface area contributed by atoms with Gasteiger partial charge in [0.2, 0.25) is 0 Å². The lowest BCUT2D eigenvalue weighted by molar-refractivity contribution is 0.0559. The fraction of sp³-hybridized carbons (Fsp3) is 0.600. The largest absolute Gasteiger partial charge is 0.388 e. The zero-order chi connectivity index (χ0) is 13.0. The Labute approximate surface area is 110 Å². The van der Waals surface area contributed by atoms with Gasteiger partial charge in [-0.15, -0.1) is 0 Å². The second-order valence-corrected chi connectivity index (χ2v) is 5.45. The standard InChI is InChI=1S/C15H24N2O/c1-16-11-13-7-3-4-8-14(13)17(2)12-15(18)9-5-6-10-15/h3-4,7-8,16,18H,5-6,9-12H2,1-2H3. The molecule has 1 aromatic carbocycles. The highest BCUT2D eigenvalue weighted by Crippen LogP contribution is 2.31. The molecule has 1 aliphatic carbocycles. The first kappa shape index (κ1) is 13.4. The fourth-order valence-corrected chi connectivity index (χ4v) is 2.94. The van der Waals surface area contributed by atoms with Crippen molar-refractivity contribution in [1.29, 1.82) is 0 Å². The van der Waals surface area contributed by atoms with Gasteiger partial charge in [0.15, 0.2) is 0 Å². The Kier molecular flexibility index (Phi) is 4.25. The minimum absolute atomic E-state index is 0.485. The van der Waals surface area contributed by atoms with E-state index in [2.05, 4.69) is 41.5 Å². The molecule has 0 atom stereocenters. The lowest BCUT2D eigenvalue weighted by Crippen LogP contribution is -2.39. The number of nitrogens with one attached hydrogen (secondary N) is 1. The van der Waals surface area contributed by atoms with Gasteiger partial charge in [0.25, 0.3) is 0 Å². The summed E-state index contributed by atoms with van der Waals surface area (Å²) in [6.07, 6.45) is 4.18. The Balaban J connectivity index is 2.10. The number of rotatable bonds is 5. The third-order valence-corrected chi connectivity index (χ3v) is 3.84. The number of anilines is 1. The minimum atomic E-state index is -0.485. The first-order chi connectivity index (χ1) is 8.64. The zero-order valence-electron chi connectivity index (χ0n) is 11.4. The number of nitrogens with zero attached hydrogens (tertiary/aromatic N) is 1. The number of hydrogen-bond acceptors (Lipinski definition) is 3. The molecule has 1 saturated carbocycles. The summed E-state index contributed by atoms with van der Waals surface area (Å²) >= 11 is 0. The molecule has 0 amide bonds. The normalized spacial score (nSPS) is 17.9. The first-order valence-electron chi connectivity index (χ1n) is 6.81. The fourth-order valence-electron chi connectivity index (χ4n) is 2.94. The molecule has 1 aliphatic rings. The molecule has 100 valence electrons. The van der Waals surface area contributed by atoms with Crippen LogP contribution in [-0.4, -0.2) is 31.3 Å². The molecule has 3 heteroatoms. The van der Waals surface area contributed by atoms with Crippen LogP contribution >= 0.6 is 0 Å². The van der Waals surface area contributed by atoms with E-state index in [4.69, 9.17) is 0 Å². The summed E-state index contributed by atoms with van der Waals surface area (Å²) in [4.78, 5) is 2.19. The van der Waals surface area contributed by atoms with Crippen LogP contribution in [0.4, 0.5) is 5.69 Å². The molecular weight excluding hydrogens is 224 g/mol. The lowest BCUT2D eigenvalue weighted by Gasteiger charge is -2.31. The second kappa shape index (κ2) is 5.72. The van der Waals surface area contributed by atoms with Crippen LogP contribution in [0.2, 0.25) is 0 Å². The smallest absolute Gasteiger partial charge is 0.0821 e. The molecule has 0 bridgehead atoms. The van der Waals surface area contributed by atoms with Gasteiger partial charge in [-0.1, -0.05) is 31.0 Å². The molecule has 0 saturated heterocycles. The van der Waals surface area contributed by atoms with E-state index in [1.807, 2.05) is 7.05 Å². The van der Waals surface area contributed by atoms with E-state index in [0.29, 0.717) is 0 Å². The molecule has 3 nitrogen and oxygen atoms in total. The molecule has 0 aromatic heterocycles. The van der Waals surface area contributed by atoms with E-state index in [-0.39, 0.29) is 0 Å². The van der Waals surface area contributed by atoms with Crippen molar-refractivity contribution in [3.63, 3.8) is 0 Å². The SMILES string of the molecule is CNCc1ccccc1N(C)CC1(O)CCCC1. The highest BCUT2D eigenvalue weighted by atomic mass is 16.3. The molecule has 1 fully saturated rings. The second-order valence-electron chi connectivity index (χ2n) is 5.45. The van der Waals surface area contributed by atoms with Crippen LogP contribution in [0.15, 0.2) is 24.3 Å². The predicted octanol–water partition coefficient (Wildman–Crippen LogP) is 2.15. The Morgan fingerprint density at radius 3 is 2.61 bits per heavy atom. The van der Waals surface area contributed by atoms with Gasteiger partial charge >= 0.3 is 0 Å². The summed E-state index contributed by atoms with van der Waals surface area (Å²) in [7, 11) is 4.03. The van der Waals surface area contributed by atoms with Crippen LogP contribution in [0.5, 0.6) is 0 Å². The number of benzene rings is 1. The Morgan fingerprint density at radius 1 is 1.28 bits per heavy atom. The van der Waals surface area contributed by atoms with Gasteiger partial charge in [-0.2, -0.15) is 0 Å². The van der Waals surface area contributed by atoms with Crippen molar-refractivity contribution in [3.8, 4) is 0 Å². The Hall–Kier alpha value is -1.06. The van der Waals surface area contributed by atoms with E-state index < -0.39 is 5.60 Å². The number of hydrogen-bond donors (Lipinski definition) is 2. The maximum Gasteiger partial charge on any atom is 0.0821 e. The van der Waals surface area contributed by atoms with Gasteiger partial charge < -0.3 is 15.3 Å². The summed E-state index contributed by atoms with van der Waals surface area (Å²) < 4.78 is 0. The van der Waals surface area contributed by atoms with E-state index in [1.54, 1.807) is 0 Å². The van der Waals surface area contributed by atoms with Gasteiger partial charge in [0.05, 0.1) is 5.60 Å². The third kappa shape index (κ3) is 3.03. The van der Waals surface area contributed by atoms with E-state index in [9.17, 15) is 5.11 Å². The molecule has 0 radical (unpaired) electrons. The van der Waals surface area contributed by atoms with Crippen molar-refractivity contribution >= 4 is 5.69 Å². The molecule has 0 aliphatic heterocycles. The zero-order valence-corrected chi connectivity index (χ0v) is 11.4. The van der Waals surface area contributed by atoms with Crippen LogP contribution in [0.1, 0.15) is 31.2 Å². The maximum absolute atomic E-state index is 10.5. The van der Waals surface area contributed by atoms with Gasteiger partial charge in [-0.05, 0) is 31.5 Å². The van der Waals surface area contributed by atoms with E-state index >= 15 is 0 Å². The highest BCUT2D eigenvalue weighted by Gasteiger charge is 2.32. The summed E-state index contributed by atoms with van der Waals surface area (Å²) in [6.45, 7) is 1.59. The van der Waals surface area contributed by atoms with Crippen molar-refractivity contribution < 1.29 is 5.11 Å². The molecule has 1 aromatic rings. The summed E-state index contributed by atoms with van der Waals surface area (Å²) in [5.74, 6) is 0. The predicted molar refractivity (Wildman–Crippen MR) is 75.9 cm³/mol. The molecule has 0 spiro atoms. The van der Waals surface area contributed by atoms with Crippen LogP contribution in [0.3, 0.4) is 0 Å². The minimum Gasteiger partial charge on any atom is -0.388 e. The molecule has 2 N–H and O–H groups in total. The van der Waals surface area contributed by atoms with Crippen molar-refractivity contribution in [2.24, 2.45) is 0 Å². The highest BCUT2D eigenvalue weighted by molar-refractivity contribution is 5.53.